The third-order valence-corrected chi connectivity index (χ3v) is 8.88. The number of nitrogen functional groups attached to an aromatic ring is 2. The van der Waals surface area contributed by atoms with Gasteiger partial charge in [0.2, 0.25) is 0 Å². The van der Waals surface area contributed by atoms with Gasteiger partial charge in [-0.05, 0) is 48.3 Å². The van der Waals surface area contributed by atoms with Crippen LogP contribution in [0.4, 0.5) is 11.4 Å². The van der Waals surface area contributed by atoms with E-state index in [-0.39, 0.29) is 0 Å². The van der Waals surface area contributed by atoms with Crippen LogP contribution in [0, 0.1) is 0 Å². The fraction of sp³-hybridized carbons (Fsp3) is 0.0625. The number of anilines is 2. The van der Waals surface area contributed by atoms with Crippen molar-refractivity contribution in [2.75, 3.05) is 11.5 Å². The first-order valence-electron chi connectivity index (χ1n) is 11.9. The van der Waals surface area contributed by atoms with Crippen LogP contribution in [0.2, 0.25) is 0 Å². The number of para-hydroxylation sites is 2. The summed E-state index contributed by atoms with van der Waals surface area (Å²) in [6.07, 6.45) is 1.62. The highest BCUT2D eigenvalue weighted by Crippen LogP contribution is 2.39. The third-order valence-electron chi connectivity index (χ3n) is 6.32. The molecule has 0 aliphatic heterocycles. The molecule has 0 amide bonds. The summed E-state index contributed by atoms with van der Waals surface area (Å²) < 4.78 is 0. The van der Waals surface area contributed by atoms with Gasteiger partial charge in [-0.2, -0.15) is 0 Å². The van der Waals surface area contributed by atoms with E-state index in [2.05, 4.69) is 115 Å². The Labute approximate surface area is 209 Å². The lowest BCUT2D eigenvalue weighted by atomic mass is 10.0. The lowest BCUT2D eigenvalue weighted by Crippen LogP contribution is -2.26. The molecule has 5 aromatic rings. The lowest BCUT2D eigenvalue weighted by molar-refractivity contribution is 1.20. The zero-order valence-electron chi connectivity index (χ0n) is 19.6. The van der Waals surface area contributed by atoms with Crippen molar-refractivity contribution >= 4 is 35.2 Å². The molecule has 4 N–H and O–H groups in total. The van der Waals surface area contributed by atoms with Gasteiger partial charge in [-0.1, -0.05) is 127 Å². The van der Waals surface area contributed by atoms with E-state index in [9.17, 15) is 0 Å². The number of nitrogens with two attached hydrogens (primary N) is 2. The van der Waals surface area contributed by atoms with Crippen LogP contribution in [0.25, 0.3) is 0 Å². The number of benzene rings is 5. The highest BCUT2D eigenvalue weighted by Gasteiger charge is 2.23. The van der Waals surface area contributed by atoms with Gasteiger partial charge in [0.25, 0.3) is 0 Å². The fourth-order valence-electron chi connectivity index (χ4n) is 4.51. The zero-order chi connectivity index (χ0) is 24.0. The Balaban J connectivity index is 1.60. The first kappa shape index (κ1) is 22.9. The molecule has 172 valence electrons. The van der Waals surface area contributed by atoms with Crippen molar-refractivity contribution < 1.29 is 0 Å². The van der Waals surface area contributed by atoms with E-state index in [0.29, 0.717) is 0 Å². The zero-order valence-corrected chi connectivity index (χ0v) is 20.5. The monoisotopic (exact) mass is 472 g/mol. The number of rotatable bonds is 7. The molecule has 0 aromatic heterocycles. The van der Waals surface area contributed by atoms with Gasteiger partial charge in [-0.3, -0.25) is 0 Å². The Morgan fingerprint density at radius 2 is 0.829 bits per heavy atom. The van der Waals surface area contributed by atoms with Crippen LogP contribution in [0.1, 0.15) is 22.3 Å². The molecule has 5 rings (SSSR count). The Kier molecular flexibility index (Phi) is 6.93. The molecular formula is C32H29N2P. The summed E-state index contributed by atoms with van der Waals surface area (Å²) in [6.45, 7) is 0. The SMILES string of the molecule is Nc1c(Cc2ccccc2)cccc1P(c1ccccc1)c1cccc(Cc2ccccc2)c1N. The van der Waals surface area contributed by atoms with Gasteiger partial charge in [-0.25, -0.2) is 0 Å². The molecule has 0 heterocycles. The molecule has 35 heavy (non-hydrogen) atoms. The maximum atomic E-state index is 6.89. The fourth-order valence-corrected chi connectivity index (χ4v) is 7.04. The first-order valence-corrected chi connectivity index (χ1v) is 13.2. The molecule has 3 heteroatoms. The normalized spacial score (nSPS) is 11.0. The largest absolute Gasteiger partial charge is 0.398 e. The van der Waals surface area contributed by atoms with Crippen LogP contribution in [0.15, 0.2) is 127 Å². The highest BCUT2D eigenvalue weighted by molar-refractivity contribution is 7.80. The average Bonchev–Trinajstić information content (AvgIpc) is 2.90. The van der Waals surface area contributed by atoms with Gasteiger partial charge >= 0.3 is 0 Å². The second-order valence-corrected chi connectivity index (χ2v) is 10.8. The molecule has 2 nitrogen and oxygen atoms in total. The second-order valence-electron chi connectivity index (χ2n) is 8.70. The van der Waals surface area contributed by atoms with Gasteiger partial charge in [0.05, 0.1) is 0 Å². The molecule has 0 aliphatic rings. The van der Waals surface area contributed by atoms with E-state index in [1.165, 1.54) is 16.4 Å². The molecule has 0 bridgehead atoms. The predicted octanol–water partition coefficient (Wildman–Crippen LogP) is 5.79. The van der Waals surface area contributed by atoms with Crippen molar-refractivity contribution in [3.8, 4) is 0 Å². The molecular weight excluding hydrogens is 443 g/mol. The summed E-state index contributed by atoms with van der Waals surface area (Å²) in [5.41, 5.74) is 20.3. The molecule has 0 fully saturated rings. The molecule has 0 radical (unpaired) electrons. The second kappa shape index (κ2) is 10.6. The van der Waals surface area contributed by atoms with E-state index in [1.54, 1.807) is 0 Å². The number of hydrogen-bond acceptors (Lipinski definition) is 2. The summed E-state index contributed by atoms with van der Waals surface area (Å²) in [7, 11) is -0.919. The van der Waals surface area contributed by atoms with Crippen LogP contribution in [0.5, 0.6) is 0 Å². The third kappa shape index (κ3) is 5.14. The molecule has 0 saturated carbocycles. The molecule has 5 aromatic carbocycles. The van der Waals surface area contributed by atoms with Crippen LogP contribution in [0.3, 0.4) is 0 Å². The summed E-state index contributed by atoms with van der Waals surface area (Å²) in [4.78, 5) is 0. The smallest absolute Gasteiger partial charge is 0.0434 e. The van der Waals surface area contributed by atoms with Crippen molar-refractivity contribution in [2.24, 2.45) is 0 Å². The van der Waals surface area contributed by atoms with E-state index in [1.807, 2.05) is 12.1 Å². The van der Waals surface area contributed by atoms with Gasteiger partial charge in [0.1, 0.15) is 0 Å². The maximum absolute atomic E-state index is 6.89. The Hall–Kier alpha value is -3.87. The van der Waals surface area contributed by atoms with Gasteiger partial charge < -0.3 is 11.5 Å². The average molecular weight is 473 g/mol. The minimum Gasteiger partial charge on any atom is -0.398 e. The van der Waals surface area contributed by atoms with Crippen LogP contribution in [-0.4, -0.2) is 0 Å². The van der Waals surface area contributed by atoms with E-state index in [0.717, 1.165) is 46.0 Å². The van der Waals surface area contributed by atoms with Crippen molar-refractivity contribution in [1.29, 1.82) is 0 Å². The molecule has 0 atom stereocenters. The summed E-state index contributed by atoms with van der Waals surface area (Å²) in [5.74, 6) is 0. The topological polar surface area (TPSA) is 52.0 Å². The lowest BCUT2D eigenvalue weighted by Gasteiger charge is -2.25. The summed E-state index contributed by atoms with van der Waals surface area (Å²) >= 11 is 0. The van der Waals surface area contributed by atoms with Gasteiger partial charge in [-0.15, -0.1) is 0 Å². The summed E-state index contributed by atoms with van der Waals surface area (Å²) in [5, 5.41) is 3.56. The number of hydrogen-bond donors (Lipinski definition) is 2. The molecule has 0 aliphatic carbocycles. The van der Waals surface area contributed by atoms with Crippen LogP contribution >= 0.6 is 7.92 Å². The van der Waals surface area contributed by atoms with Crippen LogP contribution in [-0.2, 0) is 12.8 Å². The Morgan fingerprint density at radius 3 is 1.26 bits per heavy atom. The first-order chi connectivity index (χ1) is 17.2. The minimum atomic E-state index is -0.919. The quantitative estimate of drug-likeness (QED) is 0.233. The van der Waals surface area contributed by atoms with Crippen molar-refractivity contribution in [3.05, 3.63) is 150 Å². The molecule has 0 saturated heterocycles. The highest BCUT2D eigenvalue weighted by atomic mass is 31.1. The Bertz CT molecular complexity index is 1310. The standard InChI is InChI=1S/C32H29N2P/c33-31-26(22-24-12-4-1-5-13-24)16-10-20-29(31)35(28-18-8-3-9-19-28)30-21-11-17-27(32(30)34)23-25-14-6-2-7-15-25/h1-21H,22-23,33-34H2. The van der Waals surface area contributed by atoms with Crippen LogP contribution < -0.4 is 27.4 Å². The minimum absolute atomic E-state index is 0.808. The summed E-state index contributed by atoms with van der Waals surface area (Å²) in [6, 6.07) is 44.5. The van der Waals surface area contributed by atoms with Crippen molar-refractivity contribution in [3.63, 3.8) is 0 Å². The van der Waals surface area contributed by atoms with Gasteiger partial charge in [0, 0.05) is 22.0 Å². The van der Waals surface area contributed by atoms with E-state index < -0.39 is 7.92 Å². The Morgan fingerprint density at radius 1 is 0.429 bits per heavy atom. The van der Waals surface area contributed by atoms with Gasteiger partial charge in [0.15, 0.2) is 0 Å². The maximum Gasteiger partial charge on any atom is 0.0434 e. The van der Waals surface area contributed by atoms with E-state index >= 15 is 0 Å². The van der Waals surface area contributed by atoms with Crippen molar-refractivity contribution in [2.45, 2.75) is 12.8 Å². The van der Waals surface area contributed by atoms with Crippen molar-refractivity contribution in [1.82, 2.24) is 0 Å². The molecule has 0 unspecified atom stereocenters. The molecule has 0 spiro atoms. The van der Waals surface area contributed by atoms with E-state index in [4.69, 9.17) is 11.5 Å². The predicted molar refractivity (Wildman–Crippen MR) is 152 cm³/mol.